The quantitative estimate of drug-likeness (QED) is 0.0222. The minimum Gasteiger partial charge on any atom is -0.462 e. The van der Waals surface area contributed by atoms with E-state index in [2.05, 4.69) is 41.5 Å². The summed E-state index contributed by atoms with van der Waals surface area (Å²) < 4.78 is 68.7. The topological polar surface area (TPSA) is 237 Å². The van der Waals surface area contributed by atoms with Gasteiger partial charge in [-0.1, -0.05) is 356 Å². The minimum atomic E-state index is -4.96. The molecule has 5 atom stereocenters. The van der Waals surface area contributed by atoms with E-state index in [-0.39, 0.29) is 25.7 Å². The molecule has 0 aliphatic heterocycles. The van der Waals surface area contributed by atoms with Gasteiger partial charge in [0.25, 0.3) is 0 Å². The number of aliphatic hydroxyl groups excluding tert-OH is 1. The summed E-state index contributed by atoms with van der Waals surface area (Å²) in [6, 6.07) is 0. The second-order valence-corrected chi connectivity index (χ2v) is 32.0. The molecule has 576 valence electrons. The number of unbranched alkanes of at least 4 members (excludes halogenated alkanes) is 47. The lowest BCUT2D eigenvalue weighted by Gasteiger charge is -2.21. The highest BCUT2D eigenvalue weighted by atomic mass is 31.2. The van der Waals surface area contributed by atoms with Crippen LogP contribution in [-0.4, -0.2) is 96.7 Å². The predicted octanol–water partition coefficient (Wildman–Crippen LogP) is 23.1. The van der Waals surface area contributed by atoms with Crippen molar-refractivity contribution in [2.45, 2.75) is 426 Å². The van der Waals surface area contributed by atoms with E-state index in [4.69, 9.17) is 37.0 Å². The zero-order valence-corrected chi connectivity index (χ0v) is 65.2. The van der Waals surface area contributed by atoms with E-state index in [0.29, 0.717) is 25.7 Å². The molecule has 2 unspecified atom stereocenters. The van der Waals surface area contributed by atoms with E-state index in [9.17, 15) is 43.2 Å². The van der Waals surface area contributed by atoms with Gasteiger partial charge in [-0.25, -0.2) is 9.13 Å². The number of hydrogen-bond acceptors (Lipinski definition) is 15. The normalized spacial score (nSPS) is 14.0. The molecule has 0 aromatic carbocycles. The molecular formula is C78H152O17P2. The number of aliphatic hydroxyl groups is 1. The number of ether oxygens (including phenoxy) is 4. The van der Waals surface area contributed by atoms with Crippen LogP contribution in [0.2, 0.25) is 0 Å². The molecule has 0 spiro atoms. The molecule has 0 saturated heterocycles. The second kappa shape index (κ2) is 69.8. The lowest BCUT2D eigenvalue weighted by Crippen LogP contribution is -2.30. The van der Waals surface area contributed by atoms with Gasteiger partial charge in [-0.3, -0.25) is 37.3 Å². The number of phosphoric ester groups is 2. The van der Waals surface area contributed by atoms with Gasteiger partial charge in [-0.05, 0) is 37.5 Å². The van der Waals surface area contributed by atoms with Crippen molar-refractivity contribution < 1.29 is 80.2 Å². The fourth-order valence-corrected chi connectivity index (χ4v) is 13.6. The van der Waals surface area contributed by atoms with Crippen molar-refractivity contribution in [2.75, 3.05) is 39.6 Å². The van der Waals surface area contributed by atoms with E-state index in [0.717, 1.165) is 102 Å². The Morgan fingerprint density at radius 2 is 0.474 bits per heavy atom. The van der Waals surface area contributed by atoms with Crippen LogP contribution in [0.5, 0.6) is 0 Å². The smallest absolute Gasteiger partial charge is 0.462 e. The van der Waals surface area contributed by atoms with Gasteiger partial charge < -0.3 is 33.8 Å². The van der Waals surface area contributed by atoms with Crippen LogP contribution in [0.4, 0.5) is 0 Å². The first-order valence-electron chi connectivity index (χ1n) is 40.5. The molecule has 0 saturated carbocycles. The monoisotopic (exact) mass is 1420 g/mol. The van der Waals surface area contributed by atoms with Gasteiger partial charge in [-0.2, -0.15) is 0 Å². The molecule has 0 aliphatic carbocycles. The molecule has 17 nitrogen and oxygen atoms in total. The van der Waals surface area contributed by atoms with Crippen LogP contribution >= 0.6 is 15.6 Å². The van der Waals surface area contributed by atoms with Gasteiger partial charge in [0, 0.05) is 25.7 Å². The maximum absolute atomic E-state index is 13.1. The fourth-order valence-electron chi connectivity index (χ4n) is 12.0. The van der Waals surface area contributed by atoms with Crippen molar-refractivity contribution in [3.05, 3.63) is 0 Å². The molecule has 0 fully saturated rings. The third-order valence-electron chi connectivity index (χ3n) is 18.2. The number of carbonyl (C=O) groups excluding carboxylic acids is 4. The molecule has 0 rings (SSSR count). The summed E-state index contributed by atoms with van der Waals surface area (Å²) in [6.45, 7) is 9.63. The molecule has 0 aromatic heterocycles. The zero-order chi connectivity index (χ0) is 71.4. The average molecular weight is 1420 g/mol. The first-order chi connectivity index (χ1) is 46.9. The van der Waals surface area contributed by atoms with Crippen molar-refractivity contribution in [1.82, 2.24) is 0 Å². The Morgan fingerprint density at radius 3 is 0.701 bits per heavy atom. The van der Waals surface area contributed by atoms with Gasteiger partial charge in [0.1, 0.15) is 19.3 Å². The Balaban J connectivity index is 5.27. The fraction of sp³-hybridized carbons (Fsp3) is 0.949. The molecule has 0 aliphatic rings. The van der Waals surface area contributed by atoms with Crippen molar-refractivity contribution >= 4 is 39.5 Å². The van der Waals surface area contributed by atoms with E-state index < -0.39 is 97.5 Å². The Labute approximate surface area is 594 Å². The summed E-state index contributed by atoms with van der Waals surface area (Å²) in [5, 5.41) is 10.6. The maximum Gasteiger partial charge on any atom is 0.472 e. The van der Waals surface area contributed by atoms with Crippen molar-refractivity contribution in [3.8, 4) is 0 Å². The molecule has 0 heterocycles. The molecule has 0 radical (unpaired) electrons. The highest BCUT2D eigenvalue weighted by molar-refractivity contribution is 7.47. The van der Waals surface area contributed by atoms with Crippen LogP contribution < -0.4 is 0 Å². The zero-order valence-electron chi connectivity index (χ0n) is 63.4. The van der Waals surface area contributed by atoms with Crippen LogP contribution in [0.25, 0.3) is 0 Å². The SMILES string of the molecule is CCCCCCCCCCCCCCCCCC(=O)OC[C@H](COP(=O)(O)OC[C@@H](O)COP(=O)(O)OC[C@@H](COC(=O)CCCCCCCCCCCCCCC)OC(=O)CCCCCCCCCCCCC(C)C)OC(=O)CCCCCCCCCCCCCCCC(C)C. The molecule has 19 heteroatoms. The van der Waals surface area contributed by atoms with Crippen LogP contribution in [0, 0.1) is 11.8 Å². The largest absolute Gasteiger partial charge is 0.472 e. The minimum absolute atomic E-state index is 0.107. The highest BCUT2D eigenvalue weighted by Gasteiger charge is 2.30. The Morgan fingerprint density at radius 1 is 0.278 bits per heavy atom. The molecule has 0 aromatic rings. The maximum atomic E-state index is 13.1. The van der Waals surface area contributed by atoms with Gasteiger partial charge in [0.05, 0.1) is 26.4 Å². The van der Waals surface area contributed by atoms with E-state index >= 15 is 0 Å². The van der Waals surface area contributed by atoms with E-state index in [1.54, 1.807) is 0 Å². The second-order valence-electron chi connectivity index (χ2n) is 29.1. The number of carbonyl (C=O) groups is 4. The number of rotatable bonds is 77. The van der Waals surface area contributed by atoms with Crippen LogP contribution in [0.1, 0.15) is 408 Å². The summed E-state index contributed by atoms with van der Waals surface area (Å²) in [7, 11) is -9.92. The predicted molar refractivity (Wildman–Crippen MR) is 395 cm³/mol. The molecule has 3 N–H and O–H groups in total. The van der Waals surface area contributed by atoms with Crippen LogP contribution in [0.3, 0.4) is 0 Å². The lowest BCUT2D eigenvalue weighted by molar-refractivity contribution is -0.161. The summed E-state index contributed by atoms with van der Waals surface area (Å²) >= 11 is 0. The Bertz CT molecular complexity index is 1870. The van der Waals surface area contributed by atoms with E-state index in [1.165, 1.54) is 225 Å². The van der Waals surface area contributed by atoms with Gasteiger partial charge in [0.15, 0.2) is 12.2 Å². The first-order valence-corrected chi connectivity index (χ1v) is 43.5. The Kier molecular flexibility index (Phi) is 68.4. The number of phosphoric acid groups is 2. The molecule has 97 heavy (non-hydrogen) atoms. The van der Waals surface area contributed by atoms with Crippen LogP contribution in [0.15, 0.2) is 0 Å². The first kappa shape index (κ1) is 95.1. The number of esters is 4. The van der Waals surface area contributed by atoms with Crippen molar-refractivity contribution in [3.63, 3.8) is 0 Å². The third kappa shape index (κ3) is 72.2. The molecule has 0 amide bonds. The highest BCUT2D eigenvalue weighted by Crippen LogP contribution is 2.45. The van der Waals surface area contributed by atoms with Crippen molar-refractivity contribution in [1.29, 1.82) is 0 Å². The summed E-state index contributed by atoms with van der Waals surface area (Å²) in [6.07, 6.45) is 58.1. The standard InChI is InChI=1S/C78H152O17P2/c1-7-9-11-13-15-17-19-21-22-26-30-37-43-49-55-61-76(81)89-66-73(94-77(82)62-56-50-44-38-31-27-23-25-28-34-40-46-52-58-70(3)4)68-92-96(84,85)90-64-72(79)65-91-97(86,87)93-69-74(95-78(83)63-57-51-45-39-33-32-35-41-47-53-59-71(5)6)67-88-75(80)60-54-48-42-36-29-24-20-18-16-14-12-10-8-2/h70-74,79H,7-69H2,1-6H3,(H,84,85)(H,86,87)/t72-,73-,74-/m1/s1. The summed E-state index contributed by atoms with van der Waals surface area (Å²) in [5.74, 6) is -0.571. The molecular weight excluding hydrogens is 1270 g/mol. The third-order valence-corrected chi connectivity index (χ3v) is 20.1. The van der Waals surface area contributed by atoms with Gasteiger partial charge in [-0.15, -0.1) is 0 Å². The Hall–Kier alpha value is -1.94. The molecule has 0 bridgehead atoms. The lowest BCUT2D eigenvalue weighted by atomic mass is 10.0. The van der Waals surface area contributed by atoms with E-state index in [1.807, 2.05) is 0 Å². The average Bonchev–Trinajstić information content (AvgIpc) is 1.02. The summed E-state index contributed by atoms with van der Waals surface area (Å²) in [5.41, 5.74) is 0. The van der Waals surface area contributed by atoms with Crippen molar-refractivity contribution in [2.24, 2.45) is 11.8 Å². The van der Waals surface area contributed by atoms with Gasteiger partial charge in [0.2, 0.25) is 0 Å². The number of hydrogen-bond donors (Lipinski definition) is 3. The van der Waals surface area contributed by atoms with Gasteiger partial charge >= 0.3 is 39.5 Å². The van der Waals surface area contributed by atoms with Crippen LogP contribution in [-0.2, 0) is 65.4 Å². The summed E-state index contributed by atoms with van der Waals surface area (Å²) in [4.78, 5) is 72.9.